The highest BCUT2D eigenvalue weighted by molar-refractivity contribution is 7.92. The molecule has 0 spiro atoms. The van der Waals surface area contributed by atoms with E-state index in [0.29, 0.717) is 0 Å². The molecule has 3 aromatic rings. The molecule has 0 fully saturated rings. The third kappa shape index (κ3) is 5.05. The second-order valence-electron chi connectivity index (χ2n) is 9.02. The highest BCUT2D eigenvalue weighted by Crippen LogP contribution is 2.41. The number of aliphatic carboxylic acids is 1. The molecule has 1 aliphatic rings. The van der Waals surface area contributed by atoms with Gasteiger partial charge in [0.1, 0.15) is 23.5 Å². The van der Waals surface area contributed by atoms with Gasteiger partial charge < -0.3 is 14.9 Å². The smallest absolute Gasteiger partial charge is 0.335 e. The van der Waals surface area contributed by atoms with Gasteiger partial charge in [-0.05, 0) is 80.3 Å². The van der Waals surface area contributed by atoms with Crippen LogP contribution in [0.5, 0.6) is 5.75 Å². The summed E-state index contributed by atoms with van der Waals surface area (Å²) >= 11 is 0. The van der Waals surface area contributed by atoms with Crippen molar-refractivity contribution in [3.63, 3.8) is 0 Å². The van der Waals surface area contributed by atoms with E-state index in [9.17, 15) is 32.2 Å². The first-order valence-electron chi connectivity index (χ1n) is 11.2. The molecular weight excluding hydrogens is 492 g/mol. The van der Waals surface area contributed by atoms with Crippen LogP contribution in [-0.4, -0.2) is 42.8 Å². The van der Waals surface area contributed by atoms with Crippen molar-refractivity contribution in [2.45, 2.75) is 43.3 Å². The van der Waals surface area contributed by atoms with Gasteiger partial charge in [-0.2, -0.15) is 0 Å². The molecule has 0 saturated heterocycles. The quantitative estimate of drug-likeness (QED) is 0.478. The number of hydrogen-bond acceptors (Lipinski definition) is 5. The molecule has 1 aliphatic heterocycles. The molecule has 2 atom stereocenters. The molecule has 36 heavy (non-hydrogen) atoms. The average molecular weight is 518 g/mol. The minimum Gasteiger partial charge on any atom is -0.486 e. The van der Waals surface area contributed by atoms with Gasteiger partial charge in [0.2, 0.25) is 0 Å². The summed E-state index contributed by atoms with van der Waals surface area (Å²) in [7, 11) is -4.11. The van der Waals surface area contributed by atoms with Crippen LogP contribution in [0.2, 0.25) is 0 Å². The lowest BCUT2D eigenvalue weighted by Crippen LogP contribution is -2.45. The van der Waals surface area contributed by atoms with Crippen LogP contribution in [0, 0.1) is 18.6 Å². The average Bonchev–Trinajstić information content (AvgIpc) is 2.83. The number of anilines is 1. The highest BCUT2D eigenvalue weighted by atomic mass is 32.2. The number of halogens is 2. The number of nitrogens with zero attached hydrogens (tertiary/aromatic N) is 1. The number of rotatable bonds is 7. The molecule has 2 N–H and O–H groups in total. The summed E-state index contributed by atoms with van der Waals surface area (Å²) in [5.41, 5.74) is -0.924. The molecule has 3 aromatic carbocycles. The van der Waals surface area contributed by atoms with Crippen molar-refractivity contribution >= 4 is 21.7 Å². The zero-order valence-corrected chi connectivity index (χ0v) is 20.4. The Balaban J connectivity index is 1.79. The largest absolute Gasteiger partial charge is 0.486 e. The molecule has 0 unspecified atom stereocenters. The molecule has 10 heteroatoms. The third-order valence-electron chi connectivity index (χ3n) is 6.12. The van der Waals surface area contributed by atoms with E-state index in [0.717, 1.165) is 35.0 Å². The number of sulfonamides is 1. The number of carbonyl (C=O) groups is 1. The van der Waals surface area contributed by atoms with E-state index in [4.69, 9.17) is 4.74 Å². The van der Waals surface area contributed by atoms with Crippen LogP contribution >= 0.6 is 0 Å². The topological polar surface area (TPSA) is 104 Å². The maximum Gasteiger partial charge on any atom is 0.335 e. The van der Waals surface area contributed by atoms with Crippen molar-refractivity contribution in [3.8, 4) is 16.9 Å². The molecule has 0 radical (unpaired) electrons. The molecule has 0 aliphatic carbocycles. The van der Waals surface area contributed by atoms with Gasteiger partial charge in [-0.25, -0.2) is 22.0 Å². The lowest BCUT2D eigenvalue weighted by molar-refractivity contribution is -0.157. The fraction of sp³-hybridized carbons (Fsp3) is 0.269. The predicted molar refractivity (Wildman–Crippen MR) is 129 cm³/mol. The minimum atomic E-state index is -4.11. The molecule has 0 amide bonds. The SMILES string of the molecule is Cc1cccc(S(=O)(=O)N2C[C@H](CC[C@](C)(O)C(=O)O)Oc3ccc(-c4cc(F)ccc4F)cc32)c1. The van der Waals surface area contributed by atoms with Gasteiger partial charge in [0.15, 0.2) is 5.60 Å². The van der Waals surface area contributed by atoms with Gasteiger partial charge in [0.25, 0.3) is 10.0 Å². The van der Waals surface area contributed by atoms with Gasteiger partial charge in [0, 0.05) is 5.56 Å². The Morgan fingerprint density at radius 3 is 2.58 bits per heavy atom. The van der Waals surface area contributed by atoms with Gasteiger partial charge >= 0.3 is 5.97 Å². The summed E-state index contributed by atoms with van der Waals surface area (Å²) < 4.78 is 62.8. The van der Waals surface area contributed by atoms with Crippen LogP contribution in [-0.2, 0) is 14.8 Å². The fourth-order valence-corrected chi connectivity index (χ4v) is 5.63. The summed E-state index contributed by atoms with van der Waals surface area (Å²) in [6.45, 7) is 2.75. The van der Waals surface area contributed by atoms with Crippen LogP contribution in [0.4, 0.5) is 14.5 Å². The van der Waals surface area contributed by atoms with Crippen molar-refractivity contribution in [2.24, 2.45) is 0 Å². The number of carboxylic acid groups (broad SMARTS) is 1. The van der Waals surface area contributed by atoms with Crippen molar-refractivity contribution in [3.05, 3.63) is 77.9 Å². The lowest BCUT2D eigenvalue weighted by Gasteiger charge is -2.36. The predicted octanol–water partition coefficient (Wildman–Crippen LogP) is 4.51. The molecule has 4 rings (SSSR count). The molecule has 0 bridgehead atoms. The first-order valence-corrected chi connectivity index (χ1v) is 12.6. The van der Waals surface area contributed by atoms with Crippen LogP contribution in [0.3, 0.4) is 0 Å². The number of benzene rings is 3. The van der Waals surface area contributed by atoms with E-state index in [2.05, 4.69) is 0 Å². The van der Waals surface area contributed by atoms with Crippen molar-refractivity contribution in [2.75, 3.05) is 10.8 Å². The minimum absolute atomic E-state index is 0.0361. The zero-order chi connectivity index (χ0) is 26.3. The summed E-state index contributed by atoms with van der Waals surface area (Å²) in [6.07, 6.45) is -0.883. The zero-order valence-electron chi connectivity index (χ0n) is 19.6. The number of carboxylic acids is 1. The van der Waals surface area contributed by atoms with Gasteiger partial charge in [-0.3, -0.25) is 4.31 Å². The summed E-state index contributed by atoms with van der Waals surface area (Å²) in [6, 6.07) is 13.7. The van der Waals surface area contributed by atoms with Gasteiger partial charge in [-0.15, -0.1) is 0 Å². The van der Waals surface area contributed by atoms with E-state index >= 15 is 0 Å². The van der Waals surface area contributed by atoms with Crippen LogP contribution in [0.15, 0.2) is 65.6 Å². The number of hydrogen-bond donors (Lipinski definition) is 2. The lowest BCUT2D eigenvalue weighted by atomic mass is 9.97. The number of fused-ring (bicyclic) bond motifs is 1. The van der Waals surface area contributed by atoms with E-state index in [-0.39, 0.29) is 46.8 Å². The summed E-state index contributed by atoms with van der Waals surface area (Å²) in [5.74, 6) is -2.53. The van der Waals surface area contributed by atoms with Crippen molar-refractivity contribution in [1.29, 1.82) is 0 Å². The normalized spacial score (nSPS) is 17.1. The number of aliphatic hydroxyl groups is 1. The van der Waals surface area contributed by atoms with Crippen LogP contribution in [0.1, 0.15) is 25.3 Å². The molecule has 190 valence electrons. The molecular formula is C26H25F2NO6S. The molecule has 1 heterocycles. The number of aryl methyl sites for hydroxylation is 1. The second kappa shape index (κ2) is 9.51. The van der Waals surface area contributed by atoms with Crippen molar-refractivity contribution < 1.29 is 36.9 Å². The van der Waals surface area contributed by atoms with Crippen LogP contribution in [0.25, 0.3) is 11.1 Å². The molecule has 0 saturated carbocycles. The first kappa shape index (κ1) is 25.6. The van der Waals surface area contributed by atoms with E-state index in [1.165, 1.54) is 30.3 Å². The Bertz CT molecular complexity index is 1420. The molecule has 7 nitrogen and oxygen atoms in total. The maximum atomic E-state index is 14.5. The second-order valence-corrected chi connectivity index (χ2v) is 10.9. The Morgan fingerprint density at radius 2 is 1.89 bits per heavy atom. The standard InChI is InChI=1S/C26H25F2NO6S/c1-16-4-3-5-20(12-16)36(33,34)29-15-19(10-11-26(2,32)25(30)31)35-24-9-6-17(13-23(24)29)21-14-18(27)7-8-22(21)28/h3-9,12-14,19,32H,10-11,15H2,1-2H3,(H,30,31)/t19-,26-/m0/s1. The van der Waals surface area contributed by atoms with E-state index in [1.807, 2.05) is 0 Å². The highest BCUT2D eigenvalue weighted by Gasteiger charge is 2.37. The Hall–Kier alpha value is -3.50. The van der Waals surface area contributed by atoms with Gasteiger partial charge in [-0.1, -0.05) is 18.2 Å². The third-order valence-corrected chi connectivity index (χ3v) is 7.90. The van der Waals surface area contributed by atoms with Gasteiger partial charge in [0.05, 0.1) is 17.1 Å². The van der Waals surface area contributed by atoms with Crippen molar-refractivity contribution in [1.82, 2.24) is 0 Å². The molecule has 0 aromatic heterocycles. The number of ether oxygens (including phenoxy) is 1. The Labute approximate surface area is 207 Å². The maximum absolute atomic E-state index is 14.5. The van der Waals surface area contributed by atoms with E-state index < -0.39 is 39.3 Å². The summed E-state index contributed by atoms with van der Waals surface area (Å²) in [4.78, 5) is 11.3. The monoisotopic (exact) mass is 517 g/mol. The Kier molecular flexibility index (Phi) is 6.76. The fourth-order valence-electron chi connectivity index (χ4n) is 4.03. The first-order chi connectivity index (χ1) is 16.9. The van der Waals surface area contributed by atoms with Crippen LogP contribution < -0.4 is 9.04 Å². The Morgan fingerprint density at radius 1 is 1.14 bits per heavy atom. The van der Waals surface area contributed by atoms with E-state index in [1.54, 1.807) is 19.1 Å². The summed E-state index contributed by atoms with van der Waals surface area (Å²) in [5, 5.41) is 19.3.